The van der Waals surface area contributed by atoms with E-state index in [4.69, 9.17) is 16.9 Å². The molecule has 0 aliphatic rings. The topological polar surface area (TPSA) is 73.6 Å². The third kappa shape index (κ3) is 4.11. The van der Waals surface area contributed by atoms with Crippen LogP contribution in [0.2, 0.25) is 5.02 Å². The highest BCUT2D eigenvalue weighted by atomic mass is 35.5. The normalized spacial score (nSPS) is 10.3. The lowest BCUT2D eigenvalue weighted by molar-refractivity contribution is 1.10. The summed E-state index contributed by atoms with van der Waals surface area (Å²) in [5.74, 6) is 1.13. The second-order valence-electron chi connectivity index (χ2n) is 6.10. The summed E-state index contributed by atoms with van der Waals surface area (Å²) in [7, 11) is 0. The van der Waals surface area contributed by atoms with Gasteiger partial charge in [-0.1, -0.05) is 17.7 Å². The molecule has 0 saturated heterocycles. The van der Waals surface area contributed by atoms with E-state index in [1.54, 1.807) is 12.1 Å². The number of nitriles is 1. The molecule has 0 spiro atoms. The number of rotatable bonds is 4. The summed E-state index contributed by atoms with van der Waals surface area (Å²) in [6, 6.07) is 15.1. The maximum atomic E-state index is 8.88. The van der Waals surface area contributed by atoms with Gasteiger partial charge in [-0.25, -0.2) is 4.98 Å². The molecular weight excluding hydrogens is 346 g/mol. The Morgan fingerprint density at radius 1 is 0.962 bits per heavy atom. The Labute approximate surface area is 157 Å². The highest BCUT2D eigenvalue weighted by molar-refractivity contribution is 6.33. The first-order valence-electron chi connectivity index (χ1n) is 8.11. The number of hydrogen-bond acceptors (Lipinski definition) is 5. The van der Waals surface area contributed by atoms with Crippen LogP contribution < -0.4 is 10.6 Å². The molecule has 0 saturated carbocycles. The fourth-order valence-electron chi connectivity index (χ4n) is 2.65. The number of anilines is 4. The molecule has 1 heterocycles. The number of nitrogens with zero attached hydrogens (tertiary/aromatic N) is 3. The summed E-state index contributed by atoms with van der Waals surface area (Å²) in [4.78, 5) is 8.95. The molecule has 0 aliphatic carbocycles. The zero-order valence-electron chi connectivity index (χ0n) is 14.8. The van der Waals surface area contributed by atoms with Crippen molar-refractivity contribution in [1.82, 2.24) is 9.97 Å². The van der Waals surface area contributed by atoms with Crippen molar-refractivity contribution in [1.29, 1.82) is 5.26 Å². The van der Waals surface area contributed by atoms with Crippen molar-refractivity contribution >= 4 is 34.7 Å². The minimum Gasteiger partial charge on any atom is -0.340 e. The standard InChI is InChI=1S/C20H18ClN5/c1-12-8-13(2)19(17(21)9-12)26-20-23-14(3)10-18(25-20)24-16-6-4-15(11-22)5-7-16/h4-10H,1-3H3,(H2,23,24,25,26). The third-order valence-electron chi connectivity index (χ3n) is 3.81. The first-order chi connectivity index (χ1) is 12.4. The smallest absolute Gasteiger partial charge is 0.229 e. The predicted octanol–water partition coefficient (Wildman–Crippen LogP) is 5.41. The van der Waals surface area contributed by atoms with Crippen molar-refractivity contribution in [3.8, 4) is 6.07 Å². The fourth-order valence-corrected chi connectivity index (χ4v) is 3.02. The third-order valence-corrected chi connectivity index (χ3v) is 4.11. The summed E-state index contributed by atoms with van der Waals surface area (Å²) < 4.78 is 0. The van der Waals surface area contributed by atoms with Gasteiger partial charge in [0.15, 0.2) is 0 Å². The molecule has 5 nitrogen and oxygen atoms in total. The maximum Gasteiger partial charge on any atom is 0.229 e. The van der Waals surface area contributed by atoms with Crippen LogP contribution >= 0.6 is 11.6 Å². The summed E-state index contributed by atoms with van der Waals surface area (Å²) >= 11 is 6.36. The van der Waals surface area contributed by atoms with E-state index in [9.17, 15) is 0 Å². The van der Waals surface area contributed by atoms with Crippen molar-refractivity contribution < 1.29 is 0 Å². The van der Waals surface area contributed by atoms with Crippen LogP contribution in [0.4, 0.5) is 23.1 Å². The van der Waals surface area contributed by atoms with E-state index in [0.29, 0.717) is 22.4 Å². The van der Waals surface area contributed by atoms with E-state index >= 15 is 0 Å². The summed E-state index contributed by atoms with van der Waals surface area (Å²) in [6.45, 7) is 5.90. The van der Waals surface area contributed by atoms with Crippen LogP contribution in [0.5, 0.6) is 0 Å². The maximum absolute atomic E-state index is 8.88. The van der Waals surface area contributed by atoms with Gasteiger partial charge in [0.25, 0.3) is 0 Å². The molecule has 0 aliphatic heterocycles. The van der Waals surface area contributed by atoms with E-state index in [2.05, 4.69) is 32.7 Å². The van der Waals surface area contributed by atoms with Gasteiger partial charge in [0.1, 0.15) is 5.82 Å². The summed E-state index contributed by atoms with van der Waals surface area (Å²) in [5, 5.41) is 16.0. The van der Waals surface area contributed by atoms with Gasteiger partial charge in [0.05, 0.1) is 22.3 Å². The van der Waals surface area contributed by atoms with Gasteiger partial charge in [-0.15, -0.1) is 0 Å². The van der Waals surface area contributed by atoms with E-state index in [1.807, 2.05) is 45.0 Å². The number of aromatic nitrogens is 2. The van der Waals surface area contributed by atoms with Gasteiger partial charge < -0.3 is 10.6 Å². The highest BCUT2D eigenvalue weighted by Gasteiger charge is 2.09. The number of benzene rings is 2. The van der Waals surface area contributed by atoms with Gasteiger partial charge in [0.2, 0.25) is 5.95 Å². The van der Waals surface area contributed by atoms with Crippen molar-refractivity contribution in [2.24, 2.45) is 0 Å². The molecular formula is C20H18ClN5. The van der Waals surface area contributed by atoms with E-state index in [1.165, 1.54) is 0 Å². The van der Waals surface area contributed by atoms with Crippen LogP contribution in [-0.4, -0.2) is 9.97 Å². The summed E-state index contributed by atoms with van der Waals surface area (Å²) in [6.07, 6.45) is 0. The predicted molar refractivity (Wildman–Crippen MR) is 105 cm³/mol. The average molecular weight is 364 g/mol. The second-order valence-corrected chi connectivity index (χ2v) is 6.50. The molecule has 0 bridgehead atoms. The monoisotopic (exact) mass is 363 g/mol. The van der Waals surface area contributed by atoms with Crippen molar-refractivity contribution in [2.45, 2.75) is 20.8 Å². The molecule has 6 heteroatoms. The Morgan fingerprint density at radius 3 is 2.35 bits per heavy atom. The molecule has 2 aromatic carbocycles. The van der Waals surface area contributed by atoms with Crippen LogP contribution in [0, 0.1) is 32.1 Å². The Kier molecular flexibility index (Phi) is 5.06. The first kappa shape index (κ1) is 17.7. The second kappa shape index (κ2) is 7.42. The molecule has 0 fully saturated rings. The van der Waals surface area contributed by atoms with Gasteiger partial charge in [-0.2, -0.15) is 10.2 Å². The molecule has 26 heavy (non-hydrogen) atoms. The van der Waals surface area contributed by atoms with Gasteiger partial charge in [-0.05, 0) is 62.2 Å². The van der Waals surface area contributed by atoms with E-state index in [-0.39, 0.29) is 0 Å². The molecule has 0 radical (unpaired) electrons. The molecule has 0 atom stereocenters. The average Bonchev–Trinajstić information content (AvgIpc) is 2.58. The largest absolute Gasteiger partial charge is 0.340 e. The molecule has 1 aromatic heterocycles. The van der Waals surface area contributed by atoms with Crippen LogP contribution in [0.3, 0.4) is 0 Å². The minimum atomic E-state index is 0.468. The highest BCUT2D eigenvalue weighted by Crippen LogP contribution is 2.29. The van der Waals surface area contributed by atoms with Crippen LogP contribution in [0.15, 0.2) is 42.5 Å². The van der Waals surface area contributed by atoms with Gasteiger partial charge >= 0.3 is 0 Å². The molecule has 130 valence electrons. The van der Waals surface area contributed by atoms with Crippen LogP contribution in [-0.2, 0) is 0 Å². The molecule has 2 N–H and O–H groups in total. The lowest BCUT2D eigenvalue weighted by Crippen LogP contribution is -2.04. The number of nitrogens with one attached hydrogen (secondary N) is 2. The fraction of sp³-hybridized carbons (Fsp3) is 0.150. The Bertz CT molecular complexity index is 967. The molecule has 0 unspecified atom stereocenters. The van der Waals surface area contributed by atoms with Crippen molar-refractivity contribution in [3.63, 3.8) is 0 Å². The van der Waals surface area contributed by atoms with Gasteiger partial charge in [0, 0.05) is 17.4 Å². The number of hydrogen-bond donors (Lipinski definition) is 2. The number of aryl methyl sites for hydroxylation is 3. The molecule has 3 rings (SSSR count). The zero-order valence-corrected chi connectivity index (χ0v) is 15.5. The lowest BCUT2D eigenvalue weighted by Gasteiger charge is -2.13. The quantitative estimate of drug-likeness (QED) is 0.647. The Morgan fingerprint density at radius 2 is 1.69 bits per heavy atom. The van der Waals surface area contributed by atoms with E-state index < -0.39 is 0 Å². The van der Waals surface area contributed by atoms with Crippen molar-refractivity contribution in [2.75, 3.05) is 10.6 Å². The lowest BCUT2D eigenvalue weighted by atomic mass is 10.1. The Balaban J connectivity index is 1.87. The minimum absolute atomic E-state index is 0.468. The van der Waals surface area contributed by atoms with Crippen LogP contribution in [0.25, 0.3) is 0 Å². The van der Waals surface area contributed by atoms with Crippen LogP contribution in [0.1, 0.15) is 22.4 Å². The first-order valence-corrected chi connectivity index (χ1v) is 8.49. The SMILES string of the molecule is Cc1cc(C)c(Nc2nc(C)cc(Nc3ccc(C#N)cc3)n2)c(Cl)c1. The summed E-state index contributed by atoms with van der Waals surface area (Å²) in [5.41, 5.74) is 5.21. The number of halogens is 1. The Hall–Kier alpha value is -3.10. The molecule has 0 amide bonds. The van der Waals surface area contributed by atoms with E-state index in [0.717, 1.165) is 28.2 Å². The van der Waals surface area contributed by atoms with Gasteiger partial charge in [-0.3, -0.25) is 0 Å². The zero-order chi connectivity index (χ0) is 18.7. The molecule has 3 aromatic rings. The van der Waals surface area contributed by atoms with Crippen molar-refractivity contribution in [3.05, 3.63) is 69.9 Å².